The number of amides is 1. The fourth-order valence-corrected chi connectivity index (χ4v) is 3.47. The van der Waals surface area contributed by atoms with E-state index in [0.717, 1.165) is 14.3 Å². The second-order valence-electron chi connectivity index (χ2n) is 3.37. The van der Waals surface area contributed by atoms with Crippen molar-refractivity contribution in [3.8, 4) is 0 Å². The molecule has 17 heavy (non-hydrogen) atoms. The van der Waals surface area contributed by atoms with Gasteiger partial charge in [-0.15, -0.1) is 22.7 Å². The number of carbonyl (C=O) groups excluding carboxylic acids is 1. The molecule has 5 nitrogen and oxygen atoms in total. The monoisotopic (exact) mass is 264 g/mol. The summed E-state index contributed by atoms with van der Waals surface area (Å²) in [6.07, 6.45) is 1.42. The van der Waals surface area contributed by atoms with E-state index in [4.69, 9.17) is 0 Å². The first kappa shape index (κ1) is 10.4. The number of hydrogen-bond donors (Lipinski definition) is 2. The fourth-order valence-electron chi connectivity index (χ4n) is 1.44. The first-order chi connectivity index (χ1) is 8.33. The van der Waals surface area contributed by atoms with E-state index in [-0.39, 0.29) is 5.91 Å². The predicted octanol–water partition coefficient (Wildman–Crippen LogP) is 2.01. The molecule has 1 amide bonds. The van der Waals surface area contributed by atoms with Crippen molar-refractivity contribution in [1.29, 1.82) is 0 Å². The number of hydrogen-bond acceptors (Lipinski definition) is 5. The third-order valence-corrected chi connectivity index (χ3v) is 4.34. The van der Waals surface area contributed by atoms with Crippen LogP contribution in [-0.4, -0.2) is 21.1 Å². The Labute approximate surface area is 105 Å². The van der Waals surface area contributed by atoms with Gasteiger partial charge in [0.2, 0.25) is 0 Å². The van der Waals surface area contributed by atoms with Gasteiger partial charge in [-0.2, -0.15) is 5.10 Å². The van der Waals surface area contributed by atoms with Gasteiger partial charge in [0, 0.05) is 9.40 Å². The van der Waals surface area contributed by atoms with E-state index < -0.39 is 0 Å². The number of aromatic nitrogens is 3. The first-order valence-electron chi connectivity index (χ1n) is 4.92. The summed E-state index contributed by atoms with van der Waals surface area (Å²) < 4.78 is 2.31. The van der Waals surface area contributed by atoms with Crippen molar-refractivity contribution in [3.05, 3.63) is 34.5 Å². The minimum absolute atomic E-state index is 0.0743. The zero-order valence-electron chi connectivity index (χ0n) is 8.64. The van der Waals surface area contributed by atoms with Crippen molar-refractivity contribution in [2.45, 2.75) is 6.54 Å². The molecule has 0 aliphatic carbocycles. The molecule has 7 heteroatoms. The van der Waals surface area contributed by atoms with E-state index in [0.29, 0.717) is 12.4 Å². The summed E-state index contributed by atoms with van der Waals surface area (Å²) in [5.74, 6) is 0.575. The van der Waals surface area contributed by atoms with E-state index in [1.807, 2.05) is 17.5 Å². The molecule has 0 atom stereocenters. The van der Waals surface area contributed by atoms with Crippen LogP contribution >= 0.6 is 22.7 Å². The Bertz CT molecular complexity index is 612. The van der Waals surface area contributed by atoms with Gasteiger partial charge in [-0.25, -0.2) is 4.98 Å². The maximum Gasteiger partial charge on any atom is 0.261 e. The Kier molecular flexibility index (Phi) is 2.62. The van der Waals surface area contributed by atoms with Crippen LogP contribution in [0.3, 0.4) is 0 Å². The summed E-state index contributed by atoms with van der Waals surface area (Å²) in [5.41, 5.74) is 0. The molecule has 86 valence electrons. The molecule has 0 bridgehead atoms. The molecule has 0 aliphatic heterocycles. The first-order valence-corrected chi connectivity index (χ1v) is 6.62. The molecule has 0 spiro atoms. The van der Waals surface area contributed by atoms with Gasteiger partial charge in [0.05, 0.1) is 11.4 Å². The van der Waals surface area contributed by atoms with Crippen LogP contribution in [0.5, 0.6) is 0 Å². The van der Waals surface area contributed by atoms with Crippen LogP contribution in [0, 0.1) is 0 Å². The summed E-state index contributed by atoms with van der Waals surface area (Å²) in [6, 6.07) is 3.94. The van der Waals surface area contributed by atoms with Crippen LogP contribution in [0.25, 0.3) is 9.40 Å². The highest BCUT2D eigenvalue weighted by molar-refractivity contribution is 7.27. The van der Waals surface area contributed by atoms with E-state index in [1.165, 1.54) is 17.7 Å². The van der Waals surface area contributed by atoms with Gasteiger partial charge in [-0.1, -0.05) is 0 Å². The number of fused-ring (bicyclic) bond motifs is 1. The van der Waals surface area contributed by atoms with Crippen LogP contribution in [0.4, 0.5) is 0 Å². The number of H-pyrrole nitrogens is 1. The molecule has 0 saturated carbocycles. The van der Waals surface area contributed by atoms with E-state index in [9.17, 15) is 4.79 Å². The molecule has 3 aromatic heterocycles. The standard InChI is InChI=1S/C10H8N4OS2/c15-10(11-4-9-12-5-13-14-9)8-3-7-6(17-8)1-2-16-7/h1-3,5H,4H2,(H,11,15)(H,12,13,14). The van der Waals surface area contributed by atoms with Gasteiger partial charge in [0.15, 0.2) is 0 Å². The SMILES string of the molecule is O=C(NCc1ncn[nH]1)c1cc2sccc2s1. The van der Waals surface area contributed by atoms with Crippen molar-refractivity contribution in [1.82, 2.24) is 20.5 Å². The largest absolute Gasteiger partial charge is 0.344 e. The van der Waals surface area contributed by atoms with Crippen molar-refractivity contribution in [2.24, 2.45) is 0 Å². The third-order valence-electron chi connectivity index (χ3n) is 2.24. The second kappa shape index (κ2) is 4.27. The van der Waals surface area contributed by atoms with Crippen molar-refractivity contribution < 1.29 is 4.79 Å². The minimum Gasteiger partial charge on any atom is -0.344 e. The lowest BCUT2D eigenvalue weighted by molar-refractivity contribution is 0.0954. The van der Waals surface area contributed by atoms with Gasteiger partial charge < -0.3 is 5.32 Å². The quantitative estimate of drug-likeness (QED) is 0.760. The van der Waals surface area contributed by atoms with Gasteiger partial charge in [-0.05, 0) is 17.5 Å². The zero-order chi connectivity index (χ0) is 11.7. The Morgan fingerprint density at radius 2 is 2.41 bits per heavy atom. The lowest BCUT2D eigenvalue weighted by Crippen LogP contribution is -2.22. The van der Waals surface area contributed by atoms with Gasteiger partial charge in [-0.3, -0.25) is 9.89 Å². The van der Waals surface area contributed by atoms with Crippen LogP contribution in [0.1, 0.15) is 15.5 Å². The van der Waals surface area contributed by atoms with Crippen LogP contribution < -0.4 is 5.32 Å². The highest BCUT2D eigenvalue weighted by Gasteiger charge is 2.10. The second-order valence-corrected chi connectivity index (χ2v) is 5.41. The Balaban J connectivity index is 1.72. The lowest BCUT2D eigenvalue weighted by Gasteiger charge is -1.99. The van der Waals surface area contributed by atoms with Crippen LogP contribution in [-0.2, 0) is 6.54 Å². The average molecular weight is 264 g/mol. The van der Waals surface area contributed by atoms with Crippen LogP contribution in [0.2, 0.25) is 0 Å². The summed E-state index contributed by atoms with van der Waals surface area (Å²) in [6.45, 7) is 0.365. The van der Waals surface area contributed by atoms with Gasteiger partial charge in [0.25, 0.3) is 5.91 Å². The van der Waals surface area contributed by atoms with E-state index >= 15 is 0 Å². The molecule has 2 N–H and O–H groups in total. The maximum atomic E-state index is 11.8. The summed E-state index contributed by atoms with van der Waals surface area (Å²) in [4.78, 5) is 16.5. The molecular formula is C10H8N4OS2. The molecule has 0 saturated heterocycles. The van der Waals surface area contributed by atoms with Gasteiger partial charge >= 0.3 is 0 Å². The molecule has 0 unspecified atom stereocenters. The van der Waals surface area contributed by atoms with E-state index in [1.54, 1.807) is 11.3 Å². The Morgan fingerprint density at radius 3 is 3.18 bits per heavy atom. The smallest absolute Gasteiger partial charge is 0.261 e. The summed E-state index contributed by atoms with van der Waals surface area (Å²) in [7, 11) is 0. The lowest BCUT2D eigenvalue weighted by atomic mass is 10.4. The maximum absolute atomic E-state index is 11.8. The number of nitrogens with zero attached hydrogens (tertiary/aromatic N) is 2. The zero-order valence-corrected chi connectivity index (χ0v) is 10.3. The number of carbonyl (C=O) groups is 1. The summed E-state index contributed by atoms with van der Waals surface area (Å²) >= 11 is 3.14. The molecule has 0 aromatic carbocycles. The molecular weight excluding hydrogens is 256 g/mol. The van der Waals surface area contributed by atoms with Crippen LogP contribution in [0.15, 0.2) is 23.8 Å². The third kappa shape index (κ3) is 2.06. The Hall–Kier alpha value is -1.73. The highest BCUT2D eigenvalue weighted by atomic mass is 32.1. The molecule has 0 radical (unpaired) electrons. The molecule has 3 rings (SSSR count). The number of thiophene rings is 2. The van der Waals surface area contributed by atoms with E-state index in [2.05, 4.69) is 20.5 Å². The number of rotatable bonds is 3. The molecule has 0 fully saturated rings. The topological polar surface area (TPSA) is 70.7 Å². The van der Waals surface area contributed by atoms with Crippen molar-refractivity contribution >= 4 is 38.0 Å². The Morgan fingerprint density at radius 1 is 1.47 bits per heavy atom. The van der Waals surface area contributed by atoms with Crippen molar-refractivity contribution in [3.63, 3.8) is 0 Å². The van der Waals surface area contributed by atoms with Crippen molar-refractivity contribution in [2.75, 3.05) is 0 Å². The molecule has 0 aliphatic rings. The number of aromatic amines is 1. The summed E-state index contributed by atoms with van der Waals surface area (Å²) in [5, 5.41) is 11.2. The van der Waals surface area contributed by atoms with Gasteiger partial charge in [0.1, 0.15) is 12.2 Å². The molecule has 3 aromatic rings. The average Bonchev–Trinajstić information content (AvgIpc) is 3.01. The minimum atomic E-state index is -0.0743. The normalized spacial score (nSPS) is 10.8. The molecule has 3 heterocycles. The predicted molar refractivity (Wildman–Crippen MR) is 67.3 cm³/mol. The number of nitrogens with one attached hydrogen (secondary N) is 2. The fraction of sp³-hybridized carbons (Fsp3) is 0.100. The highest BCUT2D eigenvalue weighted by Crippen LogP contribution is 2.29.